The van der Waals surface area contributed by atoms with Crippen LogP contribution in [0.25, 0.3) is 10.9 Å². The van der Waals surface area contributed by atoms with E-state index in [4.69, 9.17) is 5.73 Å². The van der Waals surface area contributed by atoms with Gasteiger partial charge in [0.05, 0.1) is 0 Å². The molecule has 4 N–H and O–H groups in total. The van der Waals surface area contributed by atoms with Gasteiger partial charge < -0.3 is 16.0 Å². The molecule has 1 aliphatic carbocycles. The number of aromatic nitrogens is 1. The highest BCUT2D eigenvalue weighted by atomic mass is 16.1. The average molecular weight is 285 g/mol. The van der Waals surface area contributed by atoms with Gasteiger partial charge in [-0.25, -0.2) is 0 Å². The number of amides is 1. The third kappa shape index (κ3) is 2.81. The number of carbonyl (C=O) groups excluding carboxylic acids is 1. The van der Waals surface area contributed by atoms with Crippen LogP contribution in [-0.2, 0) is 12.8 Å². The maximum Gasteiger partial charge on any atom is 0.251 e. The Bertz CT molecular complexity index is 659. The van der Waals surface area contributed by atoms with Gasteiger partial charge in [-0.05, 0) is 61.9 Å². The first-order valence-corrected chi connectivity index (χ1v) is 7.80. The van der Waals surface area contributed by atoms with E-state index in [0.717, 1.165) is 36.3 Å². The Morgan fingerprint density at radius 1 is 1.48 bits per heavy atom. The van der Waals surface area contributed by atoms with Gasteiger partial charge in [-0.3, -0.25) is 4.79 Å². The molecule has 2 aromatic rings. The molecule has 1 aromatic heterocycles. The molecule has 0 aliphatic heterocycles. The summed E-state index contributed by atoms with van der Waals surface area (Å²) in [5.41, 5.74) is 10.1. The summed E-state index contributed by atoms with van der Waals surface area (Å²) in [6.07, 6.45) is 4.27. The summed E-state index contributed by atoms with van der Waals surface area (Å²) in [5, 5.41) is 4.13. The Balaban J connectivity index is 1.89. The Morgan fingerprint density at radius 2 is 2.33 bits per heavy atom. The van der Waals surface area contributed by atoms with Gasteiger partial charge in [-0.1, -0.05) is 6.92 Å². The van der Waals surface area contributed by atoms with Crippen LogP contribution in [0.3, 0.4) is 0 Å². The Labute approximate surface area is 125 Å². The van der Waals surface area contributed by atoms with E-state index >= 15 is 0 Å². The van der Waals surface area contributed by atoms with Crippen LogP contribution in [0.15, 0.2) is 18.2 Å². The highest BCUT2D eigenvalue weighted by molar-refractivity contribution is 5.99. The van der Waals surface area contributed by atoms with Crippen LogP contribution in [0.1, 0.15) is 41.4 Å². The number of benzene rings is 1. The summed E-state index contributed by atoms with van der Waals surface area (Å²) in [5.74, 6) is 0.711. The van der Waals surface area contributed by atoms with E-state index in [-0.39, 0.29) is 5.91 Å². The minimum atomic E-state index is -0.0100. The molecule has 0 fully saturated rings. The van der Waals surface area contributed by atoms with Crippen molar-refractivity contribution < 1.29 is 4.79 Å². The number of aryl methyl sites for hydroxylation is 1. The fourth-order valence-corrected chi connectivity index (χ4v) is 3.14. The molecule has 0 saturated carbocycles. The van der Waals surface area contributed by atoms with Crippen LogP contribution in [0.5, 0.6) is 0 Å². The molecule has 112 valence electrons. The lowest BCUT2D eigenvalue weighted by Crippen LogP contribution is -2.25. The van der Waals surface area contributed by atoms with Crippen LogP contribution < -0.4 is 11.1 Å². The molecule has 1 unspecified atom stereocenters. The summed E-state index contributed by atoms with van der Waals surface area (Å²) in [4.78, 5) is 15.7. The molecule has 3 rings (SSSR count). The fraction of sp³-hybridized carbons (Fsp3) is 0.471. The third-order valence-electron chi connectivity index (χ3n) is 4.36. The van der Waals surface area contributed by atoms with Gasteiger partial charge in [-0.2, -0.15) is 0 Å². The first kappa shape index (κ1) is 14.1. The van der Waals surface area contributed by atoms with E-state index in [0.29, 0.717) is 13.1 Å². The zero-order valence-corrected chi connectivity index (χ0v) is 12.5. The van der Waals surface area contributed by atoms with Gasteiger partial charge in [-0.15, -0.1) is 0 Å². The molecule has 0 saturated heterocycles. The number of carbonyl (C=O) groups is 1. The second-order valence-electron chi connectivity index (χ2n) is 6.09. The van der Waals surface area contributed by atoms with Crippen LogP contribution in [-0.4, -0.2) is 24.0 Å². The minimum Gasteiger partial charge on any atom is -0.358 e. The average Bonchev–Trinajstić information content (AvgIpc) is 2.84. The van der Waals surface area contributed by atoms with Crippen molar-refractivity contribution in [2.45, 2.75) is 32.6 Å². The second-order valence-corrected chi connectivity index (χ2v) is 6.09. The zero-order chi connectivity index (χ0) is 14.8. The predicted octanol–water partition coefficient (Wildman–Crippen LogP) is 2.37. The number of H-pyrrole nitrogens is 1. The van der Waals surface area contributed by atoms with Gasteiger partial charge in [0.2, 0.25) is 0 Å². The SMILES string of the molecule is CC1CCc2[nH]c3ccc(C(=O)NCCCN)cc3c2C1. The van der Waals surface area contributed by atoms with Gasteiger partial charge in [0.1, 0.15) is 0 Å². The van der Waals surface area contributed by atoms with Crippen molar-refractivity contribution in [3.05, 3.63) is 35.0 Å². The number of fused-ring (bicyclic) bond motifs is 3. The first-order valence-electron chi connectivity index (χ1n) is 7.80. The minimum absolute atomic E-state index is 0.0100. The molecule has 21 heavy (non-hydrogen) atoms. The largest absolute Gasteiger partial charge is 0.358 e. The van der Waals surface area contributed by atoms with Crippen molar-refractivity contribution in [3.63, 3.8) is 0 Å². The molecule has 1 aromatic carbocycles. The first-order chi connectivity index (χ1) is 10.2. The second kappa shape index (κ2) is 5.90. The molecular weight excluding hydrogens is 262 g/mol. The number of rotatable bonds is 4. The van der Waals surface area contributed by atoms with Crippen molar-refractivity contribution in [3.8, 4) is 0 Å². The van der Waals surface area contributed by atoms with Crippen LogP contribution in [0.4, 0.5) is 0 Å². The molecule has 0 spiro atoms. The van der Waals surface area contributed by atoms with Crippen molar-refractivity contribution >= 4 is 16.8 Å². The predicted molar refractivity (Wildman–Crippen MR) is 85.5 cm³/mol. The molecule has 0 bridgehead atoms. The van der Waals surface area contributed by atoms with E-state index in [1.165, 1.54) is 23.1 Å². The number of nitrogens with one attached hydrogen (secondary N) is 2. The Kier molecular flexibility index (Phi) is 3.97. The normalized spacial score (nSPS) is 17.7. The highest BCUT2D eigenvalue weighted by Crippen LogP contribution is 2.32. The molecular formula is C17H23N3O. The van der Waals surface area contributed by atoms with Crippen molar-refractivity contribution in [1.29, 1.82) is 0 Å². The summed E-state index contributed by atoms with van der Waals surface area (Å²) in [6, 6.07) is 5.95. The van der Waals surface area contributed by atoms with Gasteiger partial charge in [0.15, 0.2) is 0 Å². The summed E-state index contributed by atoms with van der Waals surface area (Å²) in [7, 11) is 0. The number of hydrogen-bond acceptors (Lipinski definition) is 2. The van der Waals surface area contributed by atoms with Gasteiger partial charge >= 0.3 is 0 Å². The molecule has 4 heteroatoms. The molecule has 1 aliphatic rings. The van der Waals surface area contributed by atoms with Gasteiger partial charge in [0, 0.05) is 28.7 Å². The number of aromatic amines is 1. The standard InChI is InChI=1S/C17H23N3O/c1-11-3-5-15-13(9-11)14-10-12(4-6-16(14)20-15)17(21)19-8-2-7-18/h4,6,10-11,20H,2-3,5,7-9,18H2,1H3,(H,19,21). The highest BCUT2D eigenvalue weighted by Gasteiger charge is 2.20. The van der Waals surface area contributed by atoms with E-state index in [2.05, 4.69) is 17.2 Å². The molecule has 1 amide bonds. The zero-order valence-electron chi connectivity index (χ0n) is 12.5. The molecule has 1 heterocycles. The van der Waals surface area contributed by atoms with Crippen LogP contribution >= 0.6 is 0 Å². The number of hydrogen-bond donors (Lipinski definition) is 3. The maximum absolute atomic E-state index is 12.2. The molecule has 1 atom stereocenters. The van der Waals surface area contributed by atoms with Crippen LogP contribution in [0.2, 0.25) is 0 Å². The lowest BCUT2D eigenvalue weighted by molar-refractivity contribution is 0.0953. The van der Waals surface area contributed by atoms with E-state index in [9.17, 15) is 4.79 Å². The Hall–Kier alpha value is -1.81. The van der Waals surface area contributed by atoms with Gasteiger partial charge in [0.25, 0.3) is 5.91 Å². The summed E-state index contributed by atoms with van der Waals surface area (Å²) >= 11 is 0. The smallest absolute Gasteiger partial charge is 0.251 e. The number of nitrogens with two attached hydrogens (primary N) is 1. The topological polar surface area (TPSA) is 70.9 Å². The van der Waals surface area contributed by atoms with Crippen molar-refractivity contribution in [2.75, 3.05) is 13.1 Å². The quantitative estimate of drug-likeness (QED) is 0.755. The molecule has 0 radical (unpaired) electrons. The van der Waals surface area contributed by atoms with Crippen LogP contribution in [0, 0.1) is 5.92 Å². The lowest BCUT2D eigenvalue weighted by atomic mass is 9.87. The summed E-state index contributed by atoms with van der Waals surface area (Å²) < 4.78 is 0. The summed E-state index contributed by atoms with van der Waals surface area (Å²) in [6.45, 7) is 3.53. The van der Waals surface area contributed by atoms with E-state index < -0.39 is 0 Å². The maximum atomic E-state index is 12.2. The molecule has 4 nitrogen and oxygen atoms in total. The van der Waals surface area contributed by atoms with Crippen molar-refractivity contribution in [2.24, 2.45) is 11.7 Å². The third-order valence-corrected chi connectivity index (χ3v) is 4.36. The van der Waals surface area contributed by atoms with E-state index in [1.807, 2.05) is 18.2 Å². The fourth-order valence-electron chi connectivity index (χ4n) is 3.14. The Morgan fingerprint density at radius 3 is 3.14 bits per heavy atom. The van der Waals surface area contributed by atoms with Crippen molar-refractivity contribution in [1.82, 2.24) is 10.3 Å². The van der Waals surface area contributed by atoms with E-state index in [1.54, 1.807) is 0 Å². The monoisotopic (exact) mass is 285 g/mol. The lowest BCUT2D eigenvalue weighted by Gasteiger charge is -2.18.